The van der Waals surface area contributed by atoms with Gasteiger partial charge in [0.15, 0.2) is 0 Å². The number of carboxylic acid groups (broad SMARTS) is 1. The first kappa shape index (κ1) is 14.7. The van der Waals surface area contributed by atoms with E-state index in [0.29, 0.717) is 26.1 Å². The number of nitrogens with one attached hydrogen (secondary N) is 2. The predicted octanol–water partition coefficient (Wildman–Crippen LogP) is 0.433. The van der Waals surface area contributed by atoms with Crippen molar-refractivity contribution in [3.63, 3.8) is 0 Å². The van der Waals surface area contributed by atoms with Crippen molar-refractivity contribution in [3.8, 4) is 0 Å². The Morgan fingerprint density at radius 3 is 2.50 bits per heavy atom. The molecule has 0 aromatic rings. The molecule has 0 aliphatic rings. The lowest BCUT2D eigenvalue weighted by Gasteiger charge is -2.09. The summed E-state index contributed by atoms with van der Waals surface area (Å²) in [5.74, 6) is -1.28. The largest absolute Gasteiger partial charge is 0.481 e. The molecule has 0 saturated carbocycles. The summed E-state index contributed by atoms with van der Waals surface area (Å²) in [5.41, 5.74) is 0. The zero-order valence-corrected chi connectivity index (χ0v) is 9.78. The van der Waals surface area contributed by atoms with E-state index < -0.39 is 11.9 Å². The second-order valence-electron chi connectivity index (χ2n) is 3.56. The van der Waals surface area contributed by atoms with Crippen molar-refractivity contribution in [2.24, 2.45) is 5.92 Å². The number of aliphatic carboxylic acids is 1. The van der Waals surface area contributed by atoms with Crippen molar-refractivity contribution in [3.05, 3.63) is 0 Å². The average molecular weight is 232 g/mol. The summed E-state index contributed by atoms with van der Waals surface area (Å²) in [6, 6.07) is -0.270. The van der Waals surface area contributed by atoms with E-state index in [1.807, 2.05) is 0 Å². The van der Waals surface area contributed by atoms with Crippen LogP contribution in [0, 0.1) is 5.92 Å². The van der Waals surface area contributed by atoms with Crippen LogP contribution >= 0.6 is 0 Å². The molecule has 2 amide bonds. The number of hydrogen-bond acceptors (Lipinski definition) is 3. The van der Waals surface area contributed by atoms with E-state index in [2.05, 4.69) is 10.6 Å². The predicted molar refractivity (Wildman–Crippen MR) is 59.3 cm³/mol. The fourth-order valence-corrected chi connectivity index (χ4v) is 1.01. The quantitative estimate of drug-likeness (QED) is 0.530. The van der Waals surface area contributed by atoms with Gasteiger partial charge in [-0.25, -0.2) is 4.79 Å². The van der Waals surface area contributed by atoms with Gasteiger partial charge in [-0.15, -0.1) is 0 Å². The number of carbonyl (C=O) groups is 2. The fourth-order valence-electron chi connectivity index (χ4n) is 1.01. The Balaban J connectivity index is 3.40. The lowest BCUT2D eigenvalue weighted by molar-refractivity contribution is -0.141. The Morgan fingerprint density at radius 1 is 1.31 bits per heavy atom. The molecular formula is C10H20N2O4. The van der Waals surface area contributed by atoms with Gasteiger partial charge in [0.25, 0.3) is 0 Å². The fraction of sp³-hybridized carbons (Fsp3) is 0.800. The molecule has 0 bridgehead atoms. The van der Waals surface area contributed by atoms with E-state index >= 15 is 0 Å². The van der Waals surface area contributed by atoms with E-state index in [1.165, 1.54) is 0 Å². The SMILES string of the molecule is COCCCNC(=O)NCCC(C)C(=O)O. The van der Waals surface area contributed by atoms with Crippen molar-refractivity contribution in [1.82, 2.24) is 10.6 Å². The Labute approximate surface area is 95.4 Å². The van der Waals surface area contributed by atoms with Crippen molar-refractivity contribution >= 4 is 12.0 Å². The Morgan fingerprint density at radius 2 is 1.94 bits per heavy atom. The molecule has 6 nitrogen and oxygen atoms in total. The van der Waals surface area contributed by atoms with E-state index in [1.54, 1.807) is 14.0 Å². The van der Waals surface area contributed by atoms with Crippen LogP contribution in [-0.2, 0) is 9.53 Å². The van der Waals surface area contributed by atoms with Crippen molar-refractivity contribution in [2.75, 3.05) is 26.8 Å². The van der Waals surface area contributed by atoms with Crippen LogP contribution in [0.1, 0.15) is 19.8 Å². The third-order valence-electron chi connectivity index (χ3n) is 2.10. The Hall–Kier alpha value is -1.30. The molecule has 16 heavy (non-hydrogen) atoms. The van der Waals surface area contributed by atoms with Crippen LogP contribution in [0.3, 0.4) is 0 Å². The van der Waals surface area contributed by atoms with Gasteiger partial charge in [-0.2, -0.15) is 0 Å². The number of methoxy groups -OCH3 is 1. The number of ether oxygens (including phenoxy) is 1. The second kappa shape index (κ2) is 8.96. The second-order valence-corrected chi connectivity index (χ2v) is 3.56. The van der Waals surface area contributed by atoms with Crippen LogP contribution in [0.15, 0.2) is 0 Å². The first-order chi connectivity index (χ1) is 7.57. The molecule has 94 valence electrons. The maximum atomic E-state index is 11.1. The first-order valence-corrected chi connectivity index (χ1v) is 5.31. The van der Waals surface area contributed by atoms with Gasteiger partial charge < -0.3 is 20.5 Å². The zero-order valence-electron chi connectivity index (χ0n) is 9.78. The van der Waals surface area contributed by atoms with Crippen LogP contribution in [0.5, 0.6) is 0 Å². The topological polar surface area (TPSA) is 87.7 Å². The van der Waals surface area contributed by atoms with E-state index in [9.17, 15) is 9.59 Å². The molecule has 0 aliphatic heterocycles. The number of carboxylic acids is 1. The van der Waals surface area contributed by atoms with Gasteiger partial charge >= 0.3 is 12.0 Å². The van der Waals surface area contributed by atoms with E-state index in [0.717, 1.165) is 6.42 Å². The smallest absolute Gasteiger partial charge is 0.314 e. The molecule has 0 radical (unpaired) electrons. The molecule has 0 heterocycles. The van der Waals surface area contributed by atoms with Gasteiger partial charge in [0.2, 0.25) is 0 Å². The maximum Gasteiger partial charge on any atom is 0.314 e. The maximum absolute atomic E-state index is 11.1. The number of amides is 2. The minimum Gasteiger partial charge on any atom is -0.481 e. The average Bonchev–Trinajstić information content (AvgIpc) is 2.24. The molecule has 0 rings (SSSR count). The van der Waals surface area contributed by atoms with Gasteiger partial charge in [-0.05, 0) is 12.8 Å². The molecule has 1 atom stereocenters. The molecule has 0 saturated heterocycles. The van der Waals surface area contributed by atoms with Crippen LogP contribution in [0.2, 0.25) is 0 Å². The number of rotatable bonds is 8. The van der Waals surface area contributed by atoms with Crippen molar-refractivity contribution in [2.45, 2.75) is 19.8 Å². The minimum absolute atomic E-state index is 0.270. The zero-order chi connectivity index (χ0) is 12.4. The lowest BCUT2D eigenvalue weighted by atomic mass is 10.1. The highest BCUT2D eigenvalue weighted by Gasteiger charge is 2.10. The van der Waals surface area contributed by atoms with Crippen LogP contribution in [-0.4, -0.2) is 43.9 Å². The molecule has 6 heteroatoms. The monoisotopic (exact) mass is 232 g/mol. The summed E-state index contributed by atoms with van der Waals surface area (Å²) in [6.45, 7) is 3.13. The lowest BCUT2D eigenvalue weighted by Crippen LogP contribution is -2.37. The highest BCUT2D eigenvalue weighted by atomic mass is 16.5. The minimum atomic E-state index is -0.845. The van der Waals surface area contributed by atoms with Crippen LogP contribution in [0.4, 0.5) is 4.79 Å². The van der Waals surface area contributed by atoms with Crippen LogP contribution in [0.25, 0.3) is 0 Å². The standard InChI is InChI=1S/C10H20N2O4/c1-8(9(13)14)4-6-12-10(15)11-5-3-7-16-2/h8H,3-7H2,1-2H3,(H,13,14)(H2,11,12,15). The number of hydrogen-bond donors (Lipinski definition) is 3. The summed E-state index contributed by atoms with van der Waals surface area (Å²) < 4.78 is 4.83. The third-order valence-corrected chi connectivity index (χ3v) is 2.10. The van der Waals surface area contributed by atoms with Crippen molar-refractivity contribution in [1.29, 1.82) is 0 Å². The molecule has 1 unspecified atom stereocenters. The van der Waals surface area contributed by atoms with Gasteiger partial charge in [0.1, 0.15) is 0 Å². The Bertz CT molecular complexity index is 221. The van der Waals surface area contributed by atoms with Gasteiger partial charge in [-0.1, -0.05) is 6.92 Å². The normalized spacial score (nSPS) is 11.9. The highest BCUT2D eigenvalue weighted by molar-refractivity contribution is 5.74. The first-order valence-electron chi connectivity index (χ1n) is 5.31. The summed E-state index contributed by atoms with van der Waals surface area (Å²) in [7, 11) is 1.60. The highest BCUT2D eigenvalue weighted by Crippen LogP contribution is 1.99. The molecular weight excluding hydrogens is 212 g/mol. The third kappa shape index (κ3) is 8.05. The summed E-state index contributed by atoms with van der Waals surface area (Å²) in [6.07, 6.45) is 1.19. The van der Waals surface area contributed by atoms with Crippen LogP contribution < -0.4 is 10.6 Å². The number of carbonyl (C=O) groups excluding carboxylic acids is 1. The number of urea groups is 1. The van der Waals surface area contributed by atoms with E-state index in [-0.39, 0.29) is 6.03 Å². The molecule has 0 fully saturated rings. The molecule has 0 aromatic heterocycles. The molecule has 0 aromatic carbocycles. The molecule has 0 aliphatic carbocycles. The summed E-state index contributed by atoms with van der Waals surface area (Å²) >= 11 is 0. The van der Waals surface area contributed by atoms with Gasteiger partial charge in [0.05, 0.1) is 5.92 Å². The van der Waals surface area contributed by atoms with Gasteiger partial charge in [-0.3, -0.25) is 4.79 Å². The molecule has 0 spiro atoms. The summed E-state index contributed by atoms with van der Waals surface area (Å²) in [4.78, 5) is 21.6. The molecule has 3 N–H and O–H groups in total. The summed E-state index contributed by atoms with van der Waals surface area (Å²) in [5, 5.41) is 13.8. The van der Waals surface area contributed by atoms with E-state index in [4.69, 9.17) is 9.84 Å². The Kier molecular flexibility index (Phi) is 8.24. The van der Waals surface area contributed by atoms with Crippen molar-refractivity contribution < 1.29 is 19.4 Å². The van der Waals surface area contributed by atoms with Gasteiger partial charge in [0, 0.05) is 26.8 Å².